The maximum Gasteiger partial charge on any atom is 0.0463 e. The fraction of sp³-hybridized carbons (Fsp3) is 0. The topological polar surface area (TPSA) is 12.0 Å². The van der Waals surface area contributed by atoms with E-state index in [1.165, 1.54) is 32.7 Å². The van der Waals surface area contributed by atoms with Crippen molar-refractivity contribution in [2.75, 3.05) is 5.32 Å². The van der Waals surface area contributed by atoms with E-state index >= 15 is 0 Å². The van der Waals surface area contributed by atoms with Crippen LogP contribution in [0.15, 0.2) is 109 Å². The maximum absolute atomic E-state index is 3.59. The molecule has 0 heterocycles. The van der Waals surface area contributed by atoms with E-state index < -0.39 is 0 Å². The highest BCUT2D eigenvalue weighted by atomic mass is 14.9. The fourth-order valence-corrected chi connectivity index (χ4v) is 3.62. The molecule has 1 nitrogen and oxygen atoms in total. The van der Waals surface area contributed by atoms with Crippen molar-refractivity contribution in [2.24, 2.45) is 0 Å². The highest BCUT2D eigenvalue weighted by Crippen LogP contribution is 2.30. The van der Waals surface area contributed by atoms with Crippen LogP contribution in [0.5, 0.6) is 0 Å². The zero-order valence-corrected chi connectivity index (χ0v) is 14.9. The fourth-order valence-electron chi connectivity index (χ4n) is 3.62. The lowest BCUT2D eigenvalue weighted by Gasteiger charge is -2.11. The van der Waals surface area contributed by atoms with Gasteiger partial charge in [-0.05, 0) is 51.6 Å². The Balaban J connectivity index is 1.51. The largest absolute Gasteiger partial charge is 0.355 e. The van der Waals surface area contributed by atoms with E-state index in [1.807, 2.05) is 0 Å². The number of nitrogens with one attached hydrogen (secondary N) is 1. The molecule has 5 aromatic rings. The Morgan fingerprint density at radius 1 is 0.444 bits per heavy atom. The van der Waals surface area contributed by atoms with Crippen molar-refractivity contribution >= 4 is 32.9 Å². The lowest BCUT2D eigenvalue weighted by molar-refractivity contribution is 1.59. The first-order valence-electron chi connectivity index (χ1n) is 9.21. The smallest absolute Gasteiger partial charge is 0.0463 e. The van der Waals surface area contributed by atoms with Gasteiger partial charge in [0, 0.05) is 16.8 Å². The minimum atomic E-state index is 1.10. The summed E-state index contributed by atoms with van der Waals surface area (Å²) in [5, 5.41) is 8.55. The molecule has 0 fully saturated rings. The van der Waals surface area contributed by atoms with Gasteiger partial charge < -0.3 is 5.32 Å². The molecule has 0 unspecified atom stereocenters. The van der Waals surface area contributed by atoms with Crippen LogP contribution in [-0.2, 0) is 0 Å². The molecule has 0 spiro atoms. The normalized spacial score (nSPS) is 11.0. The molecule has 0 saturated heterocycles. The molecular weight excluding hydrogens is 326 g/mol. The predicted molar refractivity (Wildman–Crippen MR) is 117 cm³/mol. The van der Waals surface area contributed by atoms with Crippen LogP contribution in [0.4, 0.5) is 11.4 Å². The Hall–Kier alpha value is -3.58. The standard InChI is InChI=1S/C26H19N/c1-2-7-19(8-3-1)21-13-14-23-18-24(16-15-22(23)17-21)27-26-12-6-10-20-9-4-5-11-25(20)26/h1-18,27H. The highest BCUT2D eigenvalue weighted by Gasteiger charge is 2.03. The van der Waals surface area contributed by atoms with Crippen LogP contribution in [0.1, 0.15) is 0 Å². The number of benzene rings is 5. The van der Waals surface area contributed by atoms with Gasteiger partial charge in [0.1, 0.15) is 0 Å². The van der Waals surface area contributed by atoms with Gasteiger partial charge in [0.25, 0.3) is 0 Å². The molecule has 0 saturated carbocycles. The van der Waals surface area contributed by atoms with Crippen LogP contribution in [0, 0.1) is 0 Å². The Labute approximate surface area is 158 Å². The average molecular weight is 345 g/mol. The van der Waals surface area contributed by atoms with Gasteiger partial charge in [0.05, 0.1) is 0 Å². The summed E-state index contributed by atoms with van der Waals surface area (Å²) in [6, 6.07) is 38.5. The predicted octanol–water partition coefficient (Wildman–Crippen LogP) is 7.40. The second-order valence-corrected chi connectivity index (χ2v) is 6.79. The quantitative estimate of drug-likeness (QED) is 0.359. The zero-order chi connectivity index (χ0) is 18.1. The summed E-state index contributed by atoms with van der Waals surface area (Å²) in [6.45, 7) is 0. The number of anilines is 2. The van der Waals surface area contributed by atoms with Crippen molar-refractivity contribution in [1.29, 1.82) is 0 Å². The van der Waals surface area contributed by atoms with Crippen LogP contribution < -0.4 is 5.32 Å². The van der Waals surface area contributed by atoms with Crippen LogP contribution >= 0.6 is 0 Å². The first kappa shape index (κ1) is 15.7. The molecule has 1 N–H and O–H groups in total. The van der Waals surface area contributed by atoms with E-state index in [-0.39, 0.29) is 0 Å². The average Bonchev–Trinajstić information content (AvgIpc) is 2.74. The Morgan fingerprint density at radius 3 is 2.11 bits per heavy atom. The molecule has 0 atom stereocenters. The van der Waals surface area contributed by atoms with Crippen LogP contribution in [0.2, 0.25) is 0 Å². The van der Waals surface area contributed by atoms with Gasteiger partial charge in [-0.25, -0.2) is 0 Å². The molecular formula is C26H19N. The zero-order valence-electron chi connectivity index (χ0n) is 14.9. The van der Waals surface area contributed by atoms with Crippen molar-refractivity contribution in [3.63, 3.8) is 0 Å². The number of hydrogen-bond acceptors (Lipinski definition) is 1. The van der Waals surface area contributed by atoms with Crippen LogP contribution in [0.3, 0.4) is 0 Å². The van der Waals surface area contributed by atoms with Crippen LogP contribution in [-0.4, -0.2) is 0 Å². The Morgan fingerprint density at radius 2 is 1.19 bits per heavy atom. The molecule has 5 aromatic carbocycles. The third-order valence-corrected chi connectivity index (χ3v) is 5.02. The van der Waals surface area contributed by atoms with Gasteiger partial charge in [-0.3, -0.25) is 0 Å². The van der Waals surface area contributed by atoms with Gasteiger partial charge in [0.2, 0.25) is 0 Å². The molecule has 0 aromatic heterocycles. The summed E-state index contributed by atoms with van der Waals surface area (Å²) in [4.78, 5) is 0. The first-order valence-corrected chi connectivity index (χ1v) is 9.21. The van der Waals surface area contributed by atoms with E-state index in [9.17, 15) is 0 Å². The molecule has 0 radical (unpaired) electrons. The van der Waals surface area contributed by atoms with Gasteiger partial charge in [-0.1, -0.05) is 84.9 Å². The van der Waals surface area contributed by atoms with E-state index in [2.05, 4.69) is 115 Å². The van der Waals surface area contributed by atoms with E-state index in [0.717, 1.165) is 11.4 Å². The molecule has 27 heavy (non-hydrogen) atoms. The molecule has 0 amide bonds. The van der Waals surface area contributed by atoms with E-state index in [0.29, 0.717) is 0 Å². The maximum atomic E-state index is 3.59. The Bertz CT molecular complexity index is 1230. The van der Waals surface area contributed by atoms with Gasteiger partial charge in [-0.15, -0.1) is 0 Å². The highest BCUT2D eigenvalue weighted by molar-refractivity contribution is 5.96. The number of fused-ring (bicyclic) bond motifs is 2. The number of rotatable bonds is 3. The van der Waals surface area contributed by atoms with Gasteiger partial charge in [-0.2, -0.15) is 0 Å². The minimum absolute atomic E-state index is 1.10. The van der Waals surface area contributed by atoms with Gasteiger partial charge >= 0.3 is 0 Å². The molecule has 0 aliphatic rings. The third-order valence-electron chi connectivity index (χ3n) is 5.02. The minimum Gasteiger partial charge on any atom is -0.355 e. The number of hydrogen-bond donors (Lipinski definition) is 1. The SMILES string of the molecule is c1ccc(-c2ccc3cc(Nc4cccc5ccccc45)ccc3c2)cc1. The first-order chi connectivity index (χ1) is 13.4. The van der Waals surface area contributed by atoms with E-state index in [1.54, 1.807) is 0 Å². The van der Waals surface area contributed by atoms with Crippen molar-refractivity contribution in [3.8, 4) is 11.1 Å². The van der Waals surface area contributed by atoms with Crippen LogP contribution in [0.25, 0.3) is 32.7 Å². The van der Waals surface area contributed by atoms with Crippen molar-refractivity contribution in [2.45, 2.75) is 0 Å². The second-order valence-electron chi connectivity index (χ2n) is 6.79. The third kappa shape index (κ3) is 3.04. The summed E-state index contributed by atoms with van der Waals surface area (Å²) in [7, 11) is 0. The summed E-state index contributed by atoms with van der Waals surface area (Å²) in [6.07, 6.45) is 0. The van der Waals surface area contributed by atoms with Gasteiger partial charge in [0.15, 0.2) is 0 Å². The second kappa shape index (κ2) is 6.62. The summed E-state index contributed by atoms with van der Waals surface area (Å²) >= 11 is 0. The Kier molecular flexibility index (Phi) is 3.84. The van der Waals surface area contributed by atoms with E-state index in [4.69, 9.17) is 0 Å². The molecule has 0 bridgehead atoms. The van der Waals surface area contributed by atoms with Crippen molar-refractivity contribution in [1.82, 2.24) is 0 Å². The van der Waals surface area contributed by atoms with Crippen molar-refractivity contribution in [3.05, 3.63) is 109 Å². The summed E-state index contributed by atoms with van der Waals surface area (Å²) in [5.74, 6) is 0. The lowest BCUT2D eigenvalue weighted by atomic mass is 10.0. The molecule has 0 aliphatic carbocycles. The summed E-state index contributed by atoms with van der Waals surface area (Å²) < 4.78 is 0. The monoisotopic (exact) mass is 345 g/mol. The molecule has 1 heteroatoms. The summed E-state index contributed by atoms with van der Waals surface area (Å²) in [5.41, 5.74) is 4.73. The lowest BCUT2D eigenvalue weighted by Crippen LogP contribution is -1.91. The van der Waals surface area contributed by atoms with Crippen molar-refractivity contribution < 1.29 is 0 Å². The molecule has 128 valence electrons. The molecule has 5 rings (SSSR count). The molecule has 0 aliphatic heterocycles.